The van der Waals surface area contributed by atoms with Gasteiger partial charge in [-0.3, -0.25) is 4.79 Å². The number of rotatable bonds is 9. The highest BCUT2D eigenvalue weighted by Crippen LogP contribution is 2.28. The molecule has 0 unspecified atom stereocenters. The van der Waals surface area contributed by atoms with E-state index in [-0.39, 0.29) is 31.0 Å². The molecule has 3 rings (SSSR count). The van der Waals surface area contributed by atoms with Crippen LogP contribution in [0.3, 0.4) is 0 Å². The number of nitrogens with one attached hydrogen (secondary N) is 2. The number of hydrogen-bond acceptors (Lipinski definition) is 4. The zero-order valence-electron chi connectivity index (χ0n) is 17.3. The molecule has 1 aliphatic rings. The number of halogens is 2. The second-order valence-electron chi connectivity index (χ2n) is 7.37. The minimum Gasteiger partial charge on any atom is -0.493 e. The molecule has 2 aromatic rings. The van der Waals surface area contributed by atoms with E-state index < -0.39 is 0 Å². The first kappa shape index (κ1) is 24.3. The van der Waals surface area contributed by atoms with Gasteiger partial charge in [0.15, 0.2) is 18.1 Å². The Morgan fingerprint density at radius 2 is 1.83 bits per heavy atom. The zero-order valence-corrected chi connectivity index (χ0v) is 18.9. The molecule has 0 saturated heterocycles. The van der Waals surface area contributed by atoms with Crippen LogP contribution >= 0.6 is 24.0 Å². The van der Waals surface area contributed by atoms with Gasteiger partial charge in [-0.15, -0.1) is 12.4 Å². The minimum atomic E-state index is -0.0792. The lowest BCUT2D eigenvalue weighted by Gasteiger charge is -2.22. The van der Waals surface area contributed by atoms with Gasteiger partial charge in [0.05, 0.1) is 7.11 Å². The van der Waals surface area contributed by atoms with Crippen LogP contribution in [-0.4, -0.2) is 25.7 Å². The first-order valence-electron chi connectivity index (χ1n) is 10.2. The summed E-state index contributed by atoms with van der Waals surface area (Å²) in [4.78, 5) is 12.2. The molecule has 0 radical (unpaired) electrons. The molecule has 2 aromatic carbocycles. The van der Waals surface area contributed by atoms with Crippen molar-refractivity contribution in [1.82, 2.24) is 10.6 Å². The van der Waals surface area contributed by atoms with Gasteiger partial charge >= 0.3 is 0 Å². The Morgan fingerprint density at radius 3 is 2.57 bits per heavy atom. The highest BCUT2D eigenvalue weighted by atomic mass is 35.5. The molecule has 1 saturated carbocycles. The summed E-state index contributed by atoms with van der Waals surface area (Å²) in [5.74, 6) is 1.11. The molecule has 164 valence electrons. The highest BCUT2D eigenvalue weighted by molar-refractivity contribution is 6.31. The predicted molar refractivity (Wildman–Crippen MR) is 123 cm³/mol. The summed E-state index contributed by atoms with van der Waals surface area (Å²) in [6, 6.07) is 13.8. The maximum atomic E-state index is 12.2. The molecular weight excluding hydrogens is 423 g/mol. The SMILES string of the molecule is COc1cc(CNCc2ccccc2Cl)ccc1OCC(=O)NC1CCCCC1.Cl. The molecule has 0 aliphatic heterocycles. The number of carbonyl (C=O) groups excluding carboxylic acids is 1. The lowest BCUT2D eigenvalue weighted by atomic mass is 9.95. The smallest absolute Gasteiger partial charge is 0.258 e. The number of carbonyl (C=O) groups is 1. The monoisotopic (exact) mass is 452 g/mol. The van der Waals surface area contributed by atoms with Gasteiger partial charge in [0.25, 0.3) is 5.91 Å². The molecular formula is C23H30Cl2N2O3. The molecule has 0 aromatic heterocycles. The molecule has 7 heteroatoms. The van der Waals surface area contributed by atoms with Gasteiger partial charge in [-0.2, -0.15) is 0 Å². The van der Waals surface area contributed by atoms with Gasteiger partial charge in [-0.1, -0.05) is 55.1 Å². The fourth-order valence-corrected chi connectivity index (χ4v) is 3.79. The van der Waals surface area contributed by atoms with Crippen LogP contribution < -0.4 is 20.1 Å². The lowest BCUT2D eigenvalue weighted by Crippen LogP contribution is -2.39. The fraction of sp³-hybridized carbons (Fsp3) is 0.435. The average Bonchev–Trinajstić information content (AvgIpc) is 2.74. The summed E-state index contributed by atoms with van der Waals surface area (Å²) >= 11 is 6.19. The molecule has 30 heavy (non-hydrogen) atoms. The Labute approximate surface area is 189 Å². The van der Waals surface area contributed by atoms with Gasteiger partial charge in [-0.25, -0.2) is 0 Å². The van der Waals surface area contributed by atoms with Gasteiger partial charge in [-0.05, 0) is 42.2 Å². The fourth-order valence-electron chi connectivity index (χ4n) is 3.58. The summed E-state index contributed by atoms with van der Waals surface area (Å²) in [5.41, 5.74) is 2.12. The van der Waals surface area contributed by atoms with E-state index in [9.17, 15) is 4.79 Å². The van der Waals surface area contributed by atoms with Gasteiger partial charge in [0.1, 0.15) is 0 Å². The van der Waals surface area contributed by atoms with Crippen LogP contribution in [0.15, 0.2) is 42.5 Å². The van der Waals surface area contributed by atoms with Crippen molar-refractivity contribution < 1.29 is 14.3 Å². The van der Waals surface area contributed by atoms with Crippen molar-refractivity contribution in [3.8, 4) is 11.5 Å². The van der Waals surface area contributed by atoms with Crippen molar-refractivity contribution >= 4 is 29.9 Å². The van der Waals surface area contributed by atoms with Gasteiger partial charge < -0.3 is 20.1 Å². The third kappa shape index (κ3) is 7.38. The maximum absolute atomic E-state index is 12.2. The van der Waals surface area contributed by atoms with Crippen LogP contribution in [0.2, 0.25) is 5.02 Å². The molecule has 0 atom stereocenters. The average molecular weight is 453 g/mol. The zero-order chi connectivity index (χ0) is 20.5. The van der Waals surface area contributed by atoms with Crippen LogP contribution in [-0.2, 0) is 17.9 Å². The normalized spacial score (nSPS) is 13.9. The molecule has 0 bridgehead atoms. The molecule has 1 amide bonds. The van der Waals surface area contributed by atoms with E-state index in [1.165, 1.54) is 19.3 Å². The Bertz CT molecular complexity index is 811. The Hall–Kier alpha value is -1.95. The van der Waals surface area contributed by atoms with E-state index in [1.807, 2.05) is 42.5 Å². The number of methoxy groups -OCH3 is 1. The summed E-state index contributed by atoms with van der Waals surface area (Å²) in [5, 5.41) is 7.20. The molecule has 1 fully saturated rings. The topological polar surface area (TPSA) is 59.6 Å². The summed E-state index contributed by atoms with van der Waals surface area (Å²) < 4.78 is 11.1. The van der Waals surface area contributed by atoms with E-state index in [0.717, 1.165) is 29.0 Å². The standard InChI is InChI=1S/C23H29ClN2O3.ClH/c1-28-22-13-17(14-25-15-18-7-5-6-10-20(18)24)11-12-21(22)29-16-23(27)26-19-8-3-2-4-9-19;/h5-7,10-13,19,25H,2-4,8-9,14-16H2,1H3,(H,26,27);1H. The molecule has 0 spiro atoms. The largest absolute Gasteiger partial charge is 0.493 e. The Morgan fingerprint density at radius 1 is 1.07 bits per heavy atom. The Kier molecular flexibility index (Phi) is 10.3. The van der Waals surface area contributed by atoms with E-state index >= 15 is 0 Å². The van der Waals surface area contributed by atoms with Crippen molar-refractivity contribution in [3.05, 3.63) is 58.6 Å². The highest BCUT2D eigenvalue weighted by Gasteiger charge is 2.16. The van der Waals surface area contributed by atoms with Crippen LogP contribution in [0.5, 0.6) is 11.5 Å². The second-order valence-corrected chi connectivity index (χ2v) is 7.78. The van der Waals surface area contributed by atoms with Crippen LogP contribution in [0.4, 0.5) is 0 Å². The van der Waals surface area contributed by atoms with Gasteiger partial charge in [0, 0.05) is 24.2 Å². The van der Waals surface area contributed by atoms with Gasteiger partial charge in [0.2, 0.25) is 0 Å². The number of ether oxygens (including phenoxy) is 2. The number of hydrogen-bond donors (Lipinski definition) is 2. The molecule has 0 heterocycles. The third-order valence-electron chi connectivity index (χ3n) is 5.16. The van der Waals surface area contributed by atoms with E-state index in [0.29, 0.717) is 24.6 Å². The van der Waals surface area contributed by atoms with Crippen molar-refractivity contribution in [2.45, 2.75) is 51.2 Å². The maximum Gasteiger partial charge on any atom is 0.258 e. The number of benzene rings is 2. The van der Waals surface area contributed by atoms with Crippen molar-refractivity contribution in [2.24, 2.45) is 0 Å². The lowest BCUT2D eigenvalue weighted by molar-refractivity contribution is -0.124. The first-order chi connectivity index (χ1) is 14.2. The summed E-state index contributed by atoms with van der Waals surface area (Å²) in [6.07, 6.45) is 5.76. The second kappa shape index (κ2) is 12.7. The van der Waals surface area contributed by atoms with Crippen molar-refractivity contribution in [3.63, 3.8) is 0 Å². The third-order valence-corrected chi connectivity index (χ3v) is 5.53. The van der Waals surface area contributed by atoms with E-state index in [2.05, 4.69) is 10.6 Å². The quantitative estimate of drug-likeness (QED) is 0.568. The van der Waals surface area contributed by atoms with Crippen LogP contribution in [0.1, 0.15) is 43.2 Å². The van der Waals surface area contributed by atoms with E-state index in [1.54, 1.807) is 7.11 Å². The molecule has 1 aliphatic carbocycles. The van der Waals surface area contributed by atoms with Crippen LogP contribution in [0, 0.1) is 0 Å². The van der Waals surface area contributed by atoms with Crippen molar-refractivity contribution in [1.29, 1.82) is 0 Å². The first-order valence-corrected chi connectivity index (χ1v) is 10.6. The molecule has 5 nitrogen and oxygen atoms in total. The predicted octanol–water partition coefficient (Wildman–Crippen LogP) is 4.89. The minimum absolute atomic E-state index is 0. The van der Waals surface area contributed by atoms with Crippen molar-refractivity contribution in [2.75, 3.05) is 13.7 Å². The summed E-state index contributed by atoms with van der Waals surface area (Å²) in [7, 11) is 1.60. The Balaban J connectivity index is 0.00000320. The number of amides is 1. The molecule has 2 N–H and O–H groups in total. The van der Waals surface area contributed by atoms with Crippen LogP contribution in [0.25, 0.3) is 0 Å². The van der Waals surface area contributed by atoms with E-state index in [4.69, 9.17) is 21.1 Å². The summed E-state index contributed by atoms with van der Waals surface area (Å²) in [6.45, 7) is 1.35.